The van der Waals surface area contributed by atoms with Gasteiger partial charge >= 0.3 is 5.97 Å². The van der Waals surface area contributed by atoms with Crippen molar-refractivity contribution in [1.29, 1.82) is 0 Å². The van der Waals surface area contributed by atoms with Crippen LogP contribution in [0.2, 0.25) is 0 Å². The van der Waals surface area contributed by atoms with Crippen LogP contribution in [0.1, 0.15) is 75.9 Å². The van der Waals surface area contributed by atoms with E-state index in [2.05, 4.69) is 13.8 Å². The molecule has 2 heterocycles. The number of aromatic nitrogens is 1. The normalized spacial score (nSPS) is 32.5. The fourth-order valence-electron chi connectivity index (χ4n) is 6.26. The lowest BCUT2D eigenvalue weighted by Crippen LogP contribution is -2.54. The van der Waals surface area contributed by atoms with E-state index in [9.17, 15) is 14.7 Å². The molecule has 8 heteroatoms. The van der Waals surface area contributed by atoms with Gasteiger partial charge in [0, 0.05) is 29.8 Å². The zero-order valence-electron chi connectivity index (χ0n) is 21.4. The quantitative estimate of drug-likeness (QED) is 0.644. The maximum Gasteiger partial charge on any atom is 0.311 e. The predicted octanol–water partition coefficient (Wildman–Crippen LogP) is 3.78. The summed E-state index contributed by atoms with van der Waals surface area (Å²) in [7, 11) is 0. The van der Waals surface area contributed by atoms with Gasteiger partial charge in [-0.15, -0.1) is 11.3 Å². The van der Waals surface area contributed by atoms with Crippen LogP contribution in [0, 0.1) is 28.6 Å². The van der Waals surface area contributed by atoms with Crippen molar-refractivity contribution in [2.75, 3.05) is 26.3 Å². The summed E-state index contributed by atoms with van der Waals surface area (Å²) in [6.07, 6.45) is 2.15. The molecule has 0 unspecified atom stereocenters. The molecule has 0 bridgehead atoms. The number of amides is 1. The Hall–Kier alpha value is -1.51. The molecule has 190 valence electrons. The second kappa shape index (κ2) is 9.51. The van der Waals surface area contributed by atoms with Crippen LogP contribution in [0.4, 0.5) is 0 Å². The maximum atomic E-state index is 13.2. The molecule has 1 aromatic heterocycles. The van der Waals surface area contributed by atoms with Gasteiger partial charge < -0.3 is 19.5 Å². The Balaban J connectivity index is 1.50. The predicted molar refractivity (Wildman–Crippen MR) is 130 cm³/mol. The third kappa shape index (κ3) is 4.78. The van der Waals surface area contributed by atoms with Crippen molar-refractivity contribution in [3.8, 4) is 0 Å². The van der Waals surface area contributed by atoms with Crippen LogP contribution >= 0.6 is 11.3 Å². The Kier molecular flexibility index (Phi) is 7.15. The number of rotatable bonds is 4. The molecule has 1 saturated heterocycles. The summed E-state index contributed by atoms with van der Waals surface area (Å²) in [5.74, 6) is -0.230. The highest BCUT2D eigenvalue weighted by Crippen LogP contribution is 2.57. The van der Waals surface area contributed by atoms with Crippen molar-refractivity contribution in [3.63, 3.8) is 0 Å². The molecule has 1 amide bonds. The van der Waals surface area contributed by atoms with Crippen LogP contribution in [-0.2, 0) is 32.1 Å². The Morgan fingerprint density at radius 1 is 1.32 bits per heavy atom. The summed E-state index contributed by atoms with van der Waals surface area (Å²) in [5, 5.41) is 12.4. The van der Waals surface area contributed by atoms with Crippen molar-refractivity contribution in [2.24, 2.45) is 28.6 Å². The first-order valence-corrected chi connectivity index (χ1v) is 13.4. The second-order valence-corrected chi connectivity index (χ2v) is 13.0. The lowest BCUT2D eigenvalue weighted by Gasteiger charge is -2.53. The number of hydrogen-bond donors (Lipinski definition) is 1. The van der Waals surface area contributed by atoms with Crippen LogP contribution < -0.4 is 0 Å². The van der Waals surface area contributed by atoms with E-state index in [-0.39, 0.29) is 47.6 Å². The minimum atomic E-state index is -0.550. The van der Waals surface area contributed by atoms with Crippen molar-refractivity contribution in [1.82, 2.24) is 9.88 Å². The fourth-order valence-corrected chi connectivity index (χ4v) is 7.54. The van der Waals surface area contributed by atoms with Gasteiger partial charge in [0.1, 0.15) is 11.6 Å². The van der Waals surface area contributed by atoms with E-state index < -0.39 is 11.5 Å². The molecule has 3 aliphatic rings. The van der Waals surface area contributed by atoms with E-state index in [0.717, 1.165) is 30.0 Å². The van der Waals surface area contributed by atoms with Gasteiger partial charge in [0.2, 0.25) is 5.91 Å². The number of morpholine rings is 1. The summed E-state index contributed by atoms with van der Waals surface area (Å²) in [6.45, 7) is 14.6. The summed E-state index contributed by atoms with van der Waals surface area (Å²) >= 11 is 1.64. The Morgan fingerprint density at radius 3 is 2.65 bits per heavy atom. The van der Waals surface area contributed by atoms with E-state index >= 15 is 0 Å². The molecule has 2 fully saturated rings. The molecule has 1 aromatic rings. The summed E-state index contributed by atoms with van der Waals surface area (Å²) in [5.41, 5.74) is 0.456. The van der Waals surface area contributed by atoms with E-state index in [0.29, 0.717) is 26.3 Å². The average Bonchev–Trinajstić information content (AvgIpc) is 3.19. The highest BCUT2D eigenvalue weighted by molar-refractivity contribution is 7.11. The van der Waals surface area contributed by atoms with Gasteiger partial charge in [0.15, 0.2) is 0 Å². The molecule has 1 saturated carbocycles. The monoisotopic (exact) mass is 492 g/mol. The summed E-state index contributed by atoms with van der Waals surface area (Å²) in [4.78, 5) is 33.4. The van der Waals surface area contributed by atoms with Gasteiger partial charge in [-0.3, -0.25) is 9.59 Å². The van der Waals surface area contributed by atoms with E-state index in [1.165, 1.54) is 4.88 Å². The smallest absolute Gasteiger partial charge is 0.311 e. The Morgan fingerprint density at radius 2 is 2.00 bits per heavy atom. The minimum absolute atomic E-state index is 0.0318. The number of nitrogens with zero attached hydrogens (tertiary/aromatic N) is 2. The lowest BCUT2D eigenvalue weighted by molar-refractivity contribution is -0.154. The van der Waals surface area contributed by atoms with Gasteiger partial charge in [-0.05, 0) is 57.3 Å². The van der Waals surface area contributed by atoms with Crippen LogP contribution in [-0.4, -0.2) is 59.3 Å². The topological polar surface area (TPSA) is 89.0 Å². The maximum absolute atomic E-state index is 13.2. The molecular formula is C26H40N2O5S. The number of aliphatic hydroxyl groups is 1. The molecule has 0 spiro atoms. The third-order valence-electron chi connectivity index (χ3n) is 8.26. The second-order valence-electron chi connectivity index (χ2n) is 11.8. The lowest BCUT2D eigenvalue weighted by atomic mass is 9.53. The molecule has 6 atom stereocenters. The number of hydrogen-bond acceptors (Lipinski definition) is 7. The van der Waals surface area contributed by atoms with Gasteiger partial charge in [0.25, 0.3) is 0 Å². The molecule has 1 aliphatic heterocycles. The molecule has 4 rings (SSSR count). The van der Waals surface area contributed by atoms with Gasteiger partial charge in [0.05, 0.1) is 30.4 Å². The number of carbonyl (C=O) groups is 2. The number of carbonyl (C=O) groups excluding carboxylic acids is 2. The number of esters is 1. The van der Waals surface area contributed by atoms with Crippen molar-refractivity contribution in [2.45, 2.75) is 79.4 Å². The van der Waals surface area contributed by atoms with Crippen molar-refractivity contribution < 1.29 is 24.2 Å². The number of thiazole rings is 1. The van der Waals surface area contributed by atoms with Crippen LogP contribution in [0.5, 0.6) is 0 Å². The first kappa shape index (κ1) is 25.6. The van der Waals surface area contributed by atoms with E-state index in [1.807, 2.05) is 32.6 Å². The number of fused-ring (bicyclic) bond motifs is 2. The summed E-state index contributed by atoms with van der Waals surface area (Å²) < 4.78 is 10.9. The largest absolute Gasteiger partial charge is 0.458 e. The van der Waals surface area contributed by atoms with Gasteiger partial charge in [-0.2, -0.15) is 0 Å². The third-order valence-corrected chi connectivity index (χ3v) is 9.30. The van der Waals surface area contributed by atoms with E-state index in [1.54, 1.807) is 11.3 Å². The van der Waals surface area contributed by atoms with Gasteiger partial charge in [-0.25, -0.2) is 4.98 Å². The highest BCUT2D eigenvalue weighted by atomic mass is 32.1. The number of aliphatic hydroxyl groups excluding tert-OH is 1. The first-order valence-electron chi connectivity index (χ1n) is 12.6. The summed E-state index contributed by atoms with van der Waals surface area (Å²) in [6, 6.07) is 0. The van der Waals surface area contributed by atoms with Crippen LogP contribution in [0.3, 0.4) is 0 Å². The Labute approximate surface area is 207 Å². The standard InChI is InChI=1S/C26H40N2O5S/c1-15(23(30)28-9-11-32-12-10-28)17-7-8-26(6)13-18-21(16(2)20(26)22(17)29)27-19(34-18)14-33-24(31)25(3,4)5/h15-17,20,22,29H,7-14H2,1-6H3/t15-,16+,17+,20+,22-,26+/m0/s1. The SMILES string of the molecule is C[C@H](C(=O)N1CCOCC1)[C@H]1CC[C@]2(C)Cc3sc(COC(=O)C(C)(C)C)nc3[C@H](C)[C@@H]2[C@H]1O. The van der Waals surface area contributed by atoms with Crippen molar-refractivity contribution >= 4 is 23.2 Å². The van der Waals surface area contributed by atoms with Crippen molar-refractivity contribution in [3.05, 3.63) is 15.6 Å². The highest BCUT2D eigenvalue weighted by Gasteiger charge is 2.54. The number of ether oxygens (including phenoxy) is 2. The Bertz CT molecular complexity index is 919. The molecule has 0 aromatic carbocycles. The molecule has 0 radical (unpaired) electrons. The molecule has 1 N–H and O–H groups in total. The van der Waals surface area contributed by atoms with E-state index in [4.69, 9.17) is 14.5 Å². The zero-order chi connectivity index (χ0) is 24.8. The zero-order valence-corrected chi connectivity index (χ0v) is 22.2. The first-order chi connectivity index (χ1) is 15.9. The van der Waals surface area contributed by atoms with Crippen LogP contribution in [0.25, 0.3) is 0 Å². The molecule has 2 aliphatic carbocycles. The molecule has 34 heavy (non-hydrogen) atoms. The van der Waals surface area contributed by atoms with Crippen LogP contribution in [0.15, 0.2) is 0 Å². The van der Waals surface area contributed by atoms with Gasteiger partial charge in [-0.1, -0.05) is 20.8 Å². The molecular weight excluding hydrogens is 452 g/mol. The minimum Gasteiger partial charge on any atom is -0.458 e. The average molecular weight is 493 g/mol. The fraction of sp³-hybridized carbons (Fsp3) is 0.808. The molecule has 7 nitrogen and oxygen atoms in total.